The van der Waals surface area contributed by atoms with Crippen molar-refractivity contribution in [3.63, 3.8) is 0 Å². The lowest BCUT2D eigenvalue weighted by atomic mass is 10.0. The molecule has 5 N–H and O–H groups in total. The van der Waals surface area contributed by atoms with E-state index in [-0.39, 0.29) is 5.84 Å². The maximum Gasteiger partial charge on any atom is 0.122 e. The van der Waals surface area contributed by atoms with Crippen LogP contribution in [0, 0.1) is 5.41 Å². The molecule has 0 bridgehead atoms. The highest BCUT2D eigenvalue weighted by Crippen LogP contribution is 2.13. The minimum Gasteiger partial charge on any atom is -0.384 e. The van der Waals surface area contributed by atoms with Crippen LogP contribution in [0.2, 0.25) is 0 Å². The van der Waals surface area contributed by atoms with Gasteiger partial charge in [-0.15, -0.1) is 0 Å². The minimum atomic E-state index is 0.125. The summed E-state index contributed by atoms with van der Waals surface area (Å²) >= 11 is 0. The summed E-state index contributed by atoms with van der Waals surface area (Å²) in [7, 11) is 0. The van der Waals surface area contributed by atoms with E-state index in [1.54, 1.807) is 0 Å². The molecule has 1 aromatic rings. The number of nitrogens with one attached hydrogen (secondary N) is 1. The van der Waals surface area contributed by atoms with E-state index in [4.69, 9.17) is 16.9 Å². The number of rotatable bonds is 3. The maximum absolute atomic E-state index is 7.33. The van der Waals surface area contributed by atoms with Crippen LogP contribution < -0.4 is 11.5 Å². The second-order valence-electron chi connectivity index (χ2n) is 4.72. The van der Waals surface area contributed by atoms with Gasteiger partial charge in [0.1, 0.15) is 5.84 Å². The normalized spacial score (nSPS) is 18.2. The average Bonchev–Trinajstić information content (AvgIpc) is 2.33. The number of piperidine rings is 1. The number of benzene rings is 1. The Hall–Kier alpha value is -1.39. The van der Waals surface area contributed by atoms with Gasteiger partial charge in [-0.25, -0.2) is 0 Å². The van der Waals surface area contributed by atoms with E-state index in [1.165, 1.54) is 5.56 Å². The van der Waals surface area contributed by atoms with Crippen LogP contribution in [0.3, 0.4) is 0 Å². The van der Waals surface area contributed by atoms with Gasteiger partial charge in [-0.2, -0.15) is 0 Å². The Morgan fingerprint density at radius 2 is 1.82 bits per heavy atom. The second-order valence-corrected chi connectivity index (χ2v) is 4.72. The summed E-state index contributed by atoms with van der Waals surface area (Å²) in [6, 6.07) is 8.29. The van der Waals surface area contributed by atoms with Crippen LogP contribution in [0.4, 0.5) is 0 Å². The van der Waals surface area contributed by atoms with Crippen molar-refractivity contribution in [1.29, 1.82) is 5.41 Å². The predicted molar refractivity (Wildman–Crippen MR) is 69.9 cm³/mol. The van der Waals surface area contributed by atoms with Crippen molar-refractivity contribution in [2.24, 2.45) is 11.5 Å². The van der Waals surface area contributed by atoms with E-state index in [9.17, 15) is 0 Å². The van der Waals surface area contributed by atoms with Crippen molar-refractivity contribution < 1.29 is 0 Å². The standard InChI is InChI=1S/C13H20N4/c14-12-5-7-17(8-6-12)9-10-1-3-11(4-2-10)13(15)16/h1-4,12H,5-9,14H2,(H3,15,16). The molecule has 4 heteroatoms. The fourth-order valence-electron chi connectivity index (χ4n) is 2.16. The molecule has 1 fully saturated rings. The maximum atomic E-state index is 7.33. The summed E-state index contributed by atoms with van der Waals surface area (Å²) in [5.41, 5.74) is 13.4. The van der Waals surface area contributed by atoms with Gasteiger partial charge in [0.15, 0.2) is 0 Å². The molecule has 0 spiro atoms. The van der Waals surface area contributed by atoms with Crippen molar-refractivity contribution in [2.45, 2.75) is 25.4 Å². The fraction of sp³-hybridized carbons (Fsp3) is 0.462. The topological polar surface area (TPSA) is 79.1 Å². The summed E-state index contributed by atoms with van der Waals surface area (Å²) < 4.78 is 0. The lowest BCUT2D eigenvalue weighted by Gasteiger charge is -2.30. The quantitative estimate of drug-likeness (QED) is 0.535. The molecule has 17 heavy (non-hydrogen) atoms. The molecule has 0 amide bonds. The highest BCUT2D eigenvalue weighted by atomic mass is 15.1. The van der Waals surface area contributed by atoms with Crippen LogP contribution in [0.25, 0.3) is 0 Å². The number of amidine groups is 1. The third kappa shape index (κ3) is 3.28. The van der Waals surface area contributed by atoms with E-state index in [2.05, 4.69) is 4.90 Å². The average molecular weight is 232 g/mol. The molecular formula is C13H20N4. The molecule has 0 saturated carbocycles. The zero-order valence-electron chi connectivity index (χ0n) is 10.0. The molecule has 0 unspecified atom stereocenters. The summed E-state index contributed by atoms with van der Waals surface area (Å²) in [5, 5.41) is 7.33. The van der Waals surface area contributed by atoms with Crippen molar-refractivity contribution in [3.8, 4) is 0 Å². The van der Waals surface area contributed by atoms with E-state index in [0.717, 1.165) is 38.0 Å². The van der Waals surface area contributed by atoms with Gasteiger partial charge in [-0.3, -0.25) is 10.3 Å². The number of nitrogens with two attached hydrogens (primary N) is 2. The molecule has 2 rings (SSSR count). The Balaban J connectivity index is 1.92. The highest BCUT2D eigenvalue weighted by molar-refractivity contribution is 5.94. The van der Waals surface area contributed by atoms with Crippen molar-refractivity contribution in [2.75, 3.05) is 13.1 Å². The van der Waals surface area contributed by atoms with Gasteiger partial charge in [-0.1, -0.05) is 24.3 Å². The number of likely N-dealkylation sites (tertiary alicyclic amines) is 1. The Bertz CT molecular complexity index is 377. The fourth-order valence-corrected chi connectivity index (χ4v) is 2.16. The first-order chi connectivity index (χ1) is 8.15. The summed E-state index contributed by atoms with van der Waals surface area (Å²) in [6.45, 7) is 3.12. The molecule has 0 radical (unpaired) electrons. The van der Waals surface area contributed by atoms with Gasteiger partial charge < -0.3 is 11.5 Å². The SMILES string of the molecule is N=C(N)c1ccc(CN2CCC(N)CC2)cc1. The van der Waals surface area contributed by atoms with Crippen LogP contribution >= 0.6 is 0 Å². The second kappa shape index (κ2) is 5.29. The molecule has 1 saturated heterocycles. The minimum absolute atomic E-state index is 0.125. The monoisotopic (exact) mass is 232 g/mol. The summed E-state index contributed by atoms with van der Waals surface area (Å²) in [4.78, 5) is 2.42. The molecular weight excluding hydrogens is 212 g/mol. The van der Waals surface area contributed by atoms with E-state index in [0.29, 0.717) is 6.04 Å². The van der Waals surface area contributed by atoms with Gasteiger partial charge in [0, 0.05) is 18.2 Å². The van der Waals surface area contributed by atoms with Crippen molar-refractivity contribution in [1.82, 2.24) is 4.90 Å². The van der Waals surface area contributed by atoms with Crippen LogP contribution in [0.15, 0.2) is 24.3 Å². The third-order valence-electron chi connectivity index (χ3n) is 3.30. The summed E-state index contributed by atoms with van der Waals surface area (Å²) in [6.07, 6.45) is 2.18. The first-order valence-corrected chi connectivity index (χ1v) is 6.06. The molecule has 1 aromatic carbocycles. The molecule has 1 aliphatic heterocycles. The predicted octanol–water partition coefficient (Wildman–Crippen LogP) is 0.894. The van der Waals surface area contributed by atoms with Crippen LogP contribution in [0.1, 0.15) is 24.0 Å². The Morgan fingerprint density at radius 3 is 2.35 bits per heavy atom. The van der Waals surface area contributed by atoms with Gasteiger partial charge in [-0.05, 0) is 31.5 Å². The Kier molecular flexibility index (Phi) is 3.76. The van der Waals surface area contributed by atoms with Crippen LogP contribution in [0.5, 0.6) is 0 Å². The van der Waals surface area contributed by atoms with E-state index >= 15 is 0 Å². The number of hydrogen-bond acceptors (Lipinski definition) is 3. The number of nitrogens with zero attached hydrogens (tertiary/aromatic N) is 1. The highest BCUT2D eigenvalue weighted by Gasteiger charge is 2.15. The largest absolute Gasteiger partial charge is 0.384 e. The van der Waals surface area contributed by atoms with Crippen molar-refractivity contribution in [3.05, 3.63) is 35.4 Å². The van der Waals surface area contributed by atoms with Gasteiger partial charge in [0.05, 0.1) is 0 Å². The first kappa shape index (κ1) is 12.1. The van der Waals surface area contributed by atoms with E-state index in [1.807, 2.05) is 24.3 Å². The third-order valence-corrected chi connectivity index (χ3v) is 3.30. The lowest BCUT2D eigenvalue weighted by molar-refractivity contribution is 0.205. The number of hydrogen-bond donors (Lipinski definition) is 3. The van der Waals surface area contributed by atoms with Gasteiger partial charge in [0.2, 0.25) is 0 Å². The van der Waals surface area contributed by atoms with Crippen LogP contribution in [-0.4, -0.2) is 29.9 Å². The Morgan fingerprint density at radius 1 is 1.24 bits per heavy atom. The zero-order chi connectivity index (χ0) is 12.3. The molecule has 0 atom stereocenters. The van der Waals surface area contributed by atoms with E-state index < -0.39 is 0 Å². The Labute approximate surface area is 102 Å². The molecule has 92 valence electrons. The molecule has 0 aliphatic carbocycles. The molecule has 4 nitrogen and oxygen atoms in total. The van der Waals surface area contributed by atoms with Gasteiger partial charge >= 0.3 is 0 Å². The zero-order valence-corrected chi connectivity index (χ0v) is 10.0. The van der Waals surface area contributed by atoms with Gasteiger partial charge in [0.25, 0.3) is 0 Å². The molecule has 1 heterocycles. The van der Waals surface area contributed by atoms with Crippen molar-refractivity contribution >= 4 is 5.84 Å². The molecule has 0 aromatic heterocycles. The first-order valence-electron chi connectivity index (χ1n) is 6.06. The lowest BCUT2D eigenvalue weighted by Crippen LogP contribution is -2.39. The van der Waals surface area contributed by atoms with Crippen LogP contribution in [-0.2, 0) is 6.54 Å². The summed E-state index contributed by atoms with van der Waals surface area (Å²) in [5.74, 6) is 0.125. The molecule has 1 aliphatic rings. The smallest absolute Gasteiger partial charge is 0.122 e. The number of nitrogen functional groups attached to an aromatic ring is 1.